The molecule has 0 fully saturated rings. The minimum Gasteiger partial charge on any atom is -0.489 e. The Hall–Kier alpha value is -4.84. The van der Waals surface area contributed by atoms with E-state index in [4.69, 9.17) is 9.47 Å². The normalized spacial score (nSPS) is 12.7. The van der Waals surface area contributed by atoms with Gasteiger partial charge in [-0.15, -0.1) is 0 Å². The Morgan fingerprint density at radius 1 is 0.974 bits per heavy atom. The van der Waals surface area contributed by atoms with Crippen molar-refractivity contribution in [3.8, 4) is 11.5 Å². The molecule has 1 aliphatic rings. The van der Waals surface area contributed by atoms with Crippen LogP contribution in [0.4, 0.5) is 11.4 Å². The molecule has 1 heterocycles. The number of ether oxygens (including phenoxy) is 2. The van der Waals surface area contributed by atoms with E-state index in [9.17, 15) is 9.59 Å². The van der Waals surface area contributed by atoms with Crippen molar-refractivity contribution in [1.82, 2.24) is 0 Å². The van der Waals surface area contributed by atoms with Crippen LogP contribution in [0.2, 0.25) is 0 Å². The summed E-state index contributed by atoms with van der Waals surface area (Å²) in [5.74, 6) is 0.973. The second-order valence-electron chi connectivity index (χ2n) is 9.04. The molecule has 5 rings (SSSR count). The first-order chi connectivity index (χ1) is 18.5. The van der Waals surface area contributed by atoms with Crippen molar-refractivity contribution in [3.63, 3.8) is 0 Å². The van der Waals surface area contributed by atoms with Gasteiger partial charge in [0.2, 0.25) is 5.91 Å². The zero-order valence-corrected chi connectivity index (χ0v) is 21.1. The third-order valence-corrected chi connectivity index (χ3v) is 6.31. The van der Waals surface area contributed by atoms with Gasteiger partial charge in [0.25, 0.3) is 5.91 Å². The molecule has 0 atom stereocenters. The quantitative estimate of drug-likeness (QED) is 0.292. The lowest BCUT2D eigenvalue weighted by Crippen LogP contribution is -2.38. The zero-order valence-electron chi connectivity index (χ0n) is 21.1. The number of carbonyl (C=O) groups excluding carboxylic acids is 2. The van der Waals surface area contributed by atoms with Gasteiger partial charge in [-0.3, -0.25) is 9.59 Å². The maximum absolute atomic E-state index is 12.7. The molecular formula is C32H28N2O4. The minimum absolute atomic E-state index is 0.0105. The van der Waals surface area contributed by atoms with Gasteiger partial charge in [0.15, 0.2) is 6.61 Å². The van der Waals surface area contributed by atoms with E-state index in [0.29, 0.717) is 30.3 Å². The van der Waals surface area contributed by atoms with Gasteiger partial charge in [0.05, 0.1) is 12.2 Å². The minimum atomic E-state index is -0.275. The van der Waals surface area contributed by atoms with Crippen molar-refractivity contribution in [2.45, 2.75) is 20.1 Å². The number of hydrogen-bond acceptors (Lipinski definition) is 4. The highest BCUT2D eigenvalue weighted by molar-refractivity contribution is 6.03. The van der Waals surface area contributed by atoms with Gasteiger partial charge in [-0.2, -0.15) is 0 Å². The van der Waals surface area contributed by atoms with E-state index in [1.54, 1.807) is 29.2 Å². The van der Waals surface area contributed by atoms with Crippen molar-refractivity contribution in [1.29, 1.82) is 0 Å². The standard InChI is InChI=1S/C32H28N2O4/c1-23-7-5-6-10-26(23)20-34-29-19-27(14-17-30(29)38-22-32(34)36)33-31(35)18-13-24-11-15-28(16-12-24)37-21-25-8-3-2-4-9-25/h2-19H,20-22H2,1H3,(H,33,35)/b18-13+. The monoisotopic (exact) mass is 504 g/mol. The molecule has 4 aromatic rings. The summed E-state index contributed by atoms with van der Waals surface area (Å²) >= 11 is 0. The van der Waals surface area contributed by atoms with Gasteiger partial charge < -0.3 is 19.7 Å². The van der Waals surface area contributed by atoms with Crippen molar-refractivity contribution in [2.24, 2.45) is 0 Å². The van der Waals surface area contributed by atoms with Crippen molar-refractivity contribution >= 4 is 29.3 Å². The second kappa shape index (κ2) is 11.5. The lowest BCUT2D eigenvalue weighted by atomic mass is 10.1. The predicted molar refractivity (Wildman–Crippen MR) is 149 cm³/mol. The topological polar surface area (TPSA) is 67.9 Å². The fraction of sp³-hybridized carbons (Fsp3) is 0.125. The van der Waals surface area contributed by atoms with Crippen LogP contribution in [0, 0.1) is 6.92 Å². The Labute approximate surface area is 222 Å². The maximum atomic E-state index is 12.7. The first-order valence-electron chi connectivity index (χ1n) is 12.4. The van der Waals surface area contributed by atoms with E-state index in [0.717, 1.165) is 28.0 Å². The molecule has 1 N–H and O–H groups in total. The van der Waals surface area contributed by atoms with E-state index >= 15 is 0 Å². The molecule has 0 aromatic heterocycles. The molecule has 4 aromatic carbocycles. The summed E-state index contributed by atoms with van der Waals surface area (Å²) < 4.78 is 11.4. The number of carbonyl (C=O) groups is 2. The van der Waals surface area contributed by atoms with E-state index in [1.165, 1.54) is 6.08 Å². The summed E-state index contributed by atoms with van der Waals surface area (Å²) in [5, 5.41) is 2.88. The first-order valence-corrected chi connectivity index (χ1v) is 12.4. The van der Waals surface area contributed by atoms with E-state index in [2.05, 4.69) is 5.32 Å². The Morgan fingerprint density at radius 3 is 2.53 bits per heavy atom. The van der Waals surface area contributed by atoms with E-state index in [-0.39, 0.29) is 18.4 Å². The SMILES string of the molecule is Cc1ccccc1CN1C(=O)COc2ccc(NC(=O)/C=C/c3ccc(OCc4ccccc4)cc3)cc21. The van der Waals surface area contributed by atoms with Crippen LogP contribution in [-0.2, 0) is 22.7 Å². The molecular weight excluding hydrogens is 476 g/mol. The van der Waals surface area contributed by atoms with Gasteiger partial charge in [0.1, 0.15) is 18.1 Å². The van der Waals surface area contributed by atoms with Crippen molar-refractivity contribution in [3.05, 3.63) is 125 Å². The number of benzene rings is 4. The molecule has 0 radical (unpaired) electrons. The number of aryl methyl sites for hydroxylation is 1. The number of hydrogen-bond donors (Lipinski definition) is 1. The lowest BCUT2D eigenvalue weighted by Gasteiger charge is -2.30. The van der Waals surface area contributed by atoms with Crippen LogP contribution >= 0.6 is 0 Å². The molecule has 38 heavy (non-hydrogen) atoms. The highest BCUT2D eigenvalue weighted by Gasteiger charge is 2.26. The number of rotatable bonds is 8. The smallest absolute Gasteiger partial charge is 0.265 e. The number of fused-ring (bicyclic) bond motifs is 1. The zero-order chi connectivity index (χ0) is 26.3. The summed E-state index contributed by atoms with van der Waals surface area (Å²) in [4.78, 5) is 27.0. The number of nitrogens with zero attached hydrogens (tertiary/aromatic N) is 1. The number of anilines is 2. The largest absolute Gasteiger partial charge is 0.489 e. The fourth-order valence-electron chi connectivity index (χ4n) is 4.18. The first kappa shape index (κ1) is 24.8. The second-order valence-corrected chi connectivity index (χ2v) is 9.04. The number of amides is 2. The van der Waals surface area contributed by atoms with Gasteiger partial charge in [-0.05, 0) is 65.6 Å². The molecule has 0 unspecified atom stereocenters. The van der Waals surface area contributed by atoms with Gasteiger partial charge in [-0.25, -0.2) is 0 Å². The molecule has 0 saturated heterocycles. The summed E-state index contributed by atoms with van der Waals surface area (Å²) in [7, 11) is 0. The summed E-state index contributed by atoms with van der Waals surface area (Å²) in [5.41, 5.74) is 5.36. The number of nitrogens with one attached hydrogen (secondary N) is 1. The predicted octanol–water partition coefficient (Wildman–Crippen LogP) is 6.15. The van der Waals surface area contributed by atoms with Crippen LogP contribution in [0.15, 0.2) is 103 Å². The van der Waals surface area contributed by atoms with Gasteiger partial charge in [-0.1, -0.05) is 66.7 Å². The van der Waals surface area contributed by atoms with Crippen LogP contribution < -0.4 is 19.7 Å². The lowest BCUT2D eigenvalue weighted by molar-refractivity contribution is -0.121. The van der Waals surface area contributed by atoms with Gasteiger partial charge >= 0.3 is 0 Å². The molecule has 0 spiro atoms. The third-order valence-electron chi connectivity index (χ3n) is 6.31. The van der Waals surface area contributed by atoms with Crippen LogP contribution in [-0.4, -0.2) is 18.4 Å². The average molecular weight is 505 g/mol. The molecule has 6 heteroatoms. The Bertz CT molecular complexity index is 1460. The average Bonchev–Trinajstić information content (AvgIpc) is 2.94. The Morgan fingerprint density at radius 2 is 1.74 bits per heavy atom. The van der Waals surface area contributed by atoms with Gasteiger partial charge in [0, 0.05) is 11.8 Å². The molecule has 0 aliphatic carbocycles. The van der Waals surface area contributed by atoms with Crippen LogP contribution in [0.3, 0.4) is 0 Å². The summed E-state index contributed by atoms with van der Waals surface area (Å²) in [6.07, 6.45) is 3.22. The summed E-state index contributed by atoms with van der Waals surface area (Å²) in [6.45, 7) is 2.95. The van der Waals surface area contributed by atoms with Crippen molar-refractivity contribution < 1.29 is 19.1 Å². The van der Waals surface area contributed by atoms with Crippen molar-refractivity contribution in [2.75, 3.05) is 16.8 Å². The van der Waals surface area contributed by atoms with Crippen LogP contribution in [0.25, 0.3) is 6.08 Å². The summed E-state index contributed by atoms with van der Waals surface area (Å²) in [6, 6.07) is 30.8. The maximum Gasteiger partial charge on any atom is 0.265 e. The molecule has 190 valence electrons. The highest BCUT2D eigenvalue weighted by Crippen LogP contribution is 2.35. The van der Waals surface area contributed by atoms with E-state index < -0.39 is 0 Å². The molecule has 0 saturated carbocycles. The van der Waals surface area contributed by atoms with Crippen LogP contribution in [0.5, 0.6) is 11.5 Å². The fourth-order valence-corrected chi connectivity index (χ4v) is 4.18. The Balaban J connectivity index is 1.22. The Kier molecular flexibility index (Phi) is 7.50. The van der Waals surface area contributed by atoms with E-state index in [1.807, 2.05) is 85.8 Å². The third kappa shape index (κ3) is 6.10. The molecule has 2 amide bonds. The molecule has 1 aliphatic heterocycles. The highest BCUT2D eigenvalue weighted by atomic mass is 16.5. The molecule has 0 bridgehead atoms. The van der Waals surface area contributed by atoms with Crippen LogP contribution in [0.1, 0.15) is 22.3 Å². The molecule has 6 nitrogen and oxygen atoms in total.